The van der Waals surface area contributed by atoms with Crippen LogP contribution in [-0.2, 0) is 4.74 Å². The smallest absolute Gasteiger partial charge is 0.115 e. The van der Waals surface area contributed by atoms with Gasteiger partial charge in [0, 0.05) is 30.6 Å². The molecule has 1 aromatic rings. The van der Waals surface area contributed by atoms with Gasteiger partial charge in [-0.25, -0.2) is 9.97 Å². The van der Waals surface area contributed by atoms with Gasteiger partial charge < -0.3 is 10.1 Å². The van der Waals surface area contributed by atoms with Gasteiger partial charge >= 0.3 is 0 Å². The molecular weight excluding hydrogens is 214 g/mol. The van der Waals surface area contributed by atoms with Crippen LogP contribution in [0.5, 0.6) is 0 Å². The zero-order chi connectivity index (χ0) is 11.9. The molecule has 0 aliphatic carbocycles. The van der Waals surface area contributed by atoms with Crippen molar-refractivity contribution in [1.29, 1.82) is 0 Å². The maximum atomic E-state index is 5.80. The minimum atomic E-state index is 0.310. The van der Waals surface area contributed by atoms with E-state index in [0.29, 0.717) is 12.1 Å². The Balaban J connectivity index is 1.96. The molecule has 94 valence electrons. The fraction of sp³-hybridized carbons (Fsp3) is 0.692. The third-order valence-corrected chi connectivity index (χ3v) is 3.21. The van der Waals surface area contributed by atoms with Crippen molar-refractivity contribution in [3.63, 3.8) is 0 Å². The first kappa shape index (κ1) is 12.5. The Labute approximate surface area is 103 Å². The lowest BCUT2D eigenvalue weighted by Gasteiger charge is -2.27. The lowest BCUT2D eigenvalue weighted by atomic mass is 9.98. The lowest BCUT2D eigenvalue weighted by Crippen LogP contribution is -2.28. The number of rotatable bonds is 5. The number of ether oxygens (including phenoxy) is 1. The van der Waals surface area contributed by atoms with Crippen LogP contribution in [0.15, 0.2) is 18.7 Å². The average molecular weight is 235 g/mol. The molecule has 0 aromatic carbocycles. The summed E-state index contributed by atoms with van der Waals surface area (Å²) in [5, 5.41) is 3.49. The first-order valence-electron chi connectivity index (χ1n) is 6.50. The zero-order valence-corrected chi connectivity index (χ0v) is 10.4. The molecule has 1 fully saturated rings. The molecular formula is C13H21N3O. The van der Waals surface area contributed by atoms with E-state index in [1.807, 2.05) is 12.4 Å². The molecule has 0 bridgehead atoms. The molecule has 1 N–H and O–H groups in total. The summed E-state index contributed by atoms with van der Waals surface area (Å²) in [6.07, 6.45) is 10.4. The molecule has 1 aromatic heterocycles. The standard InChI is InChI=1S/C13H21N3O/c1-2-16-13(11-8-14-10-15-9-11)7-12-5-3-4-6-17-12/h8-10,12-13,16H,2-7H2,1H3. The molecule has 0 spiro atoms. The summed E-state index contributed by atoms with van der Waals surface area (Å²) in [7, 11) is 0. The van der Waals surface area contributed by atoms with E-state index in [2.05, 4.69) is 22.2 Å². The average Bonchev–Trinajstić information content (AvgIpc) is 2.40. The van der Waals surface area contributed by atoms with E-state index in [1.54, 1.807) is 6.33 Å². The largest absolute Gasteiger partial charge is 0.378 e. The topological polar surface area (TPSA) is 47.0 Å². The van der Waals surface area contributed by atoms with Crippen LogP contribution in [0.4, 0.5) is 0 Å². The van der Waals surface area contributed by atoms with E-state index < -0.39 is 0 Å². The third kappa shape index (κ3) is 3.75. The Hall–Kier alpha value is -1.00. The molecule has 2 unspecified atom stereocenters. The number of hydrogen-bond acceptors (Lipinski definition) is 4. The second kappa shape index (κ2) is 6.67. The Morgan fingerprint density at radius 2 is 2.24 bits per heavy atom. The predicted molar refractivity (Wildman–Crippen MR) is 66.7 cm³/mol. The second-order valence-electron chi connectivity index (χ2n) is 4.51. The van der Waals surface area contributed by atoms with Gasteiger partial charge in [-0.15, -0.1) is 0 Å². The molecule has 17 heavy (non-hydrogen) atoms. The maximum absolute atomic E-state index is 5.80. The number of aromatic nitrogens is 2. The van der Waals surface area contributed by atoms with Crippen molar-refractivity contribution in [2.24, 2.45) is 0 Å². The van der Waals surface area contributed by atoms with Crippen LogP contribution in [0.25, 0.3) is 0 Å². The molecule has 0 saturated carbocycles. The van der Waals surface area contributed by atoms with E-state index in [4.69, 9.17) is 4.74 Å². The lowest BCUT2D eigenvalue weighted by molar-refractivity contribution is 0.00510. The Morgan fingerprint density at radius 1 is 1.41 bits per heavy atom. The van der Waals surface area contributed by atoms with Crippen molar-refractivity contribution in [2.45, 2.75) is 44.8 Å². The molecule has 2 rings (SSSR count). The van der Waals surface area contributed by atoms with Crippen LogP contribution < -0.4 is 5.32 Å². The molecule has 2 atom stereocenters. The van der Waals surface area contributed by atoms with E-state index in [0.717, 1.165) is 25.1 Å². The van der Waals surface area contributed by atoms with Crippen molar-refractivity contribution >= 4 is 0 Å². The number of nitrogens with zero attached hydrogens (tertiary/aromatic N) is 2. The summed E-state index contributed by atoms with van der Waals surface area (Å²) in [4.78, 5) is 8.18. The van der Waals surface area contributed by atoms with E-state index in [9.17, 15) is 0 Å². The van der Waals surface area contributed by atoms with Gasteiger partial charge in [-0.2, -0.15) is 0 Å². The highest BCUT2D eigenvalue weighted by Crippen LogP contribution is 2.23. The maximum Gasteiger partial charge on any atom is 0.115 e. The highest BCUT2D eigenvalue weighted by molar-refractivity contribution is 5.09. The van der Waals surface area contributed by atoms with Crippen LogP contribution >= 0.6 is 0 Å². The number of nitrogens with one attached hydrogen (secondary N) is 1. The minimum absolute atomic E-state index is 0.310. The summed E-state index contributed by atoms with van der Waals surface area (Å²) in [5.74, 6) is 0. The van der Waals surface area contributed by atoms with Gasteiger partial charge in [-0.3, -0.25) is 0 Å². The zero-order valence-electron chi connectivity index (χ0n) is 10.4. The SMILES string of the molecule is CCNC(CC1CCCCO1)c1cncnc1. The van der Waals surface area contributed by atoms with Crippen molar-refractivity contribution in [2.75, 3.05) is 13.2 Å². The van der Waals surface area contributed by atoms with Gasteiger partial charge in [0.25, 0.3) is 0 Å². The molecule has 4 nitrogen and oxygen atoms in total. The normalized spacial score (nSPS) is 22.3. The molecule has 2 heterocycles. The minimum Gasteiger partial charge on any atom is -0.378 e. The quantitative estimate of drug-likeness (QED) is 0.849. The monoisotopic (exact) mass is 235 g/mol. The molecule has 0 radical (unpaired) electrons. The van der Waals surface area contributed by atoms with Crippen LogP contribution in [-0.4, -0.2) is 29.2 Å². The van der Waals surface area contributed by atoms with Crippen molar-refractivity contribution in [3.8, 4) is 0 Å². The molecule has 1 aliphatic rings. The van der Waals surface area contributed by atoms with Gasteiger partial charge in [0.15, 0.2) is 0 Å². The van der Waals surface area contributed by atoms with E-state index in [1.165, 1.54) is 19.3 Å². The van der Waals surface area contributed by atoms with Crippen LogP contribution in [0, 0.1) is 0 Å². The molecule has 0 amide bonds. The first-order chi connectivity index (χ1) is 8.40. The highest BCUT2D eigenvalue weighted by atomic mass is 16.5. The fourth-order valence-electron chi connectivity index (χ4n) is 2.33. The molecule has 1 saturated heterocycles. The Morgan fingerprint density at radius 3 is 2.88 bits per heavy atom. The van der Waals surface area contributed by atoms with Crippen molar-refractivity contribution in [1.82, 2.24) is 15.3 Å². The van der Waals surface area contributed by atoms with Gasteiger partial charge in [-0.05, 0) is 32.2 Å². The van der Waals surface area contributed by atoms with Crippen LogP contribution in [0.3, 0.4) is 0 Å². The molecule has 1 aliphatic heterocycles. The summed E-state index contributed by atoms with van der Waals surface area (Å²) in [5.41, 5.74) is 1.16. The summed E-state index contributed by atoms with van der Waals surface area (Å²) >= 11 is 0. The van der Waals surface area contributed by atoms with Gasteiger partial charge in [-0.1, -0.05) is 6.92 Å². The van der Waals surface area contributed by atoms with Gasteiger partial charge in [0.1, 0.15) is 6.33 Å². The third-order valence-electron chi connectivity index (χ3n) is 3.21. The fourth-order valence-corrected chi connectivity index (χ4v) is 2.33. The summed E-state index contributed by atoms with van der Waals surface area (Å²) in [6.45, 7) is 3.99. The molecule has 4 heteroatoms. The van der Waals surface area contributed by atoms with Crippen LogP contribution in [0.1, 0.15) is 44.2 Å². The van der Waals surface area contributed by atoms with Crippen molar-refractivity contribution in [3.05, 3.63) is 24.3 Å². The first-order valence-corrected chi connectivity index (χ1v) is 6.50. The van der Waals surface area contributed by atoms with Crippen LogP contribution in [0.2, 0.25) is 0 Å². The van der Waals surface area contributed by atoms with Crippen molar-refractivity contribution < 1.29 is 4.74 Å². The van der Waals surface area contributed by atoms with E-state index in [-0.39, 0.29) is 0 Å². The van der Waals surface area contributed by atoms with E-state index >= 15 is 0 Å². The Kier molecular flexibility index (Phi) is 4.88. The second-order valence-corrected chi connectivity index (χ2v) is 4.51. The summed E-state index contributed by atoms with van der Waals surface area (Å²) < 4.78 is 5.80. The predicted octanol–water partition coefficient (Wildman–Crippen LogP) is 2.09. The van der Waals surface area contributed by atoms with Gasteiger partial charge in [0.05, 0.1) is 6.10 Å². The number of hydrogen-bond donors (Lipinski definition) is 1. The summed E-state index contributed by atoms with van der Waals surface area (Å²) in [6, 6.07) is 0.310. The highest BCUT2D eigenvalue weighted by Gasteiger charge is 2.20. The Bertz CT molecular complexity index is 312. The van der Waals surface area contributed by atoms with Gasteiger partial charge in [0.2, 0.25) is 0 Å².